The number of hydrogen-bond donors (Lipinski definition) is 2. The number of aromatic nitrogens is 1. The van der Waals surface area contributed by atoms with Gasteiger partial charge in [-0.05, 0) is 57.1 Å². The van der Waals surface area contributed by atoms with Gasteiger partial charge in [-0.25, -0.2) is 9.37 Å². The van der Waals surface area contributed by atoms with Crippen LogP contribution in [-0.2, 0) is 6.42 Å². The van der Waals surface area contributed by atoms with Crippen LogP contribution in [0.5, 0.6) is 0 Å². The summed E-state index contributed by atoms with van der Waals surface area (Å²) in [4.78, 5) is 11.6. The smallest absolute Gasteiger partial charge is 0.226 e. The van der Waals surface area contributed by atoms with Gasteiger partial charge in [0.25, 0.3) is 0 Å². The number of guanidine groups is 1. The summed E-state index contributed by atoms with van der Waals surface area (Å²) in [6.07, 6.45) is 6.34. The van der Waals surface area contributed by atoms with Crippen molar-refractivity contribution < 1.29 is 8.81 Å². The SMILES string of the molecule is CCNC(=NCCN1CCCCC1)NCCc1coc(-c2ccc(F)cc2)n1. The molecule has 7 heteroatoms. The molecule has 1 fully saturated rings. The quantitative estimate of drug-likeness (QED) is 0.538. The Balaban J connectivity index is 1.44. The Morgan fingerprint density at radius 3 is 2.71 bits per heavy atom. The van der Waals surface area contributed by atoms with Crippen molar-refractivity contribution in [2.75, 3.05) is 39.3 Å². The van der Waals surface area contributed by atoms with Crippen molar-refractivity contribution in [3.63, 3.8) is 0 Å². The van der Waals surface area contributed by atoms with Crippen molar-refractivity contribution in [2.45, 2.75) is 32.6 Å². The number of aliphatic imine (C=N–C) groups is 1. The van der Waals surface area contributed by atoms with E-state index in [0.29, 0.717) is 12.4 Å². The Hall–Kier alpha value is -2.41. The van der Waals surface area contributed by atoms with Crippen LogP contribution >= 0.6 is 0 Å². The number of benzene rings is 1. The molecule has 0 bridgehead atoms. The van der Waals surface area contributed by atoms with E-state index in [1.165, 1.54) is 44.5 Å². The van der Waals surface area contributed by atoms with Gasteiger partial charge in [-0.2, -0.15) is 0 Å². The van der Waals surface area contributed by atoms with Gasteiger partial charge in [0, 0.05) is 31.6 Å². The van der Waals surface area contributed by atoms with E-state index in [9.17, 15) is 4.39 Å². The number of oxazole rings is 1. The predicted octanol–water partition coefficient (Wildman–Crippen LogP) is 3.06. The van der Waals surface area contributed by atoms with Gasteiger partial charge in [-0.3, -0.25) is 4.99 Å². The summed E-state index contributed by atoms with van der Waals surface area (Å²) < 4.78 is 18.5. The van der Waals surface area contributed by atoms with E-state index in [1.807, 2.05) is 0 Å². The second-order valence-corrected chi connectivity index (χ2v) is 6.99. The Labute approximate surface area is 166 Å². The second kappa shape index (κ2) is 10.8. The highest BCUT2D eigenvalue weighted by Crippen LogP contribution is 2.18. The average Bonchev–Trinajstić information content (AvgIpc) is 3.18. The first-order valence-corrected chi connectivity index (χ1v) is 10.2. The molecule has 2 heterocycles. The highest BCUT2D eigenvalue weighted by Gasteiger charge is 2.09. The Morgan fingerprint density at radius 1 is 1.18 bits per heavy atom. The maximum absolute atomic E-state index is 13.0. The summed E-state index contributed by atoms with van der Waals surface area (Å²) in [5, 5.41) is 6.64. The van der Waals surface area contributed by atoms with Crippen LogP contribution in [0.1, 0.15) is 31.9 Å². The fourth-order valence-corrected chi connectivity index (χ4v) is 3.28. The van der Waals surface area contributed by atoms with Crippen LogP contribution in [0.25, 0.3) is 11.5 Å². The zero-order valence-corrected chi connectivity index (χ0v) is 16.6. The summed E-state index contributed by atoms with van der Waals surface area (Å²) in [5.41, 5.74) is 1.63. The first kappa shape index (κ1) is 20.3. The highest BCUT2D eigenvalue weighted by atomic mass is 19.1. The molecule has 0 saturated carbocycles. The van der Waals surface area contributed by atoms with Gasteiger partial charge in [-0.1, -0.05) is 6.42 Å². The van der Waals surface area contributed by atoms with Crippen LogP contribution in [0.3, 0.4) is 0 Å². The zero-order chi connectivity index (χ0) is 19.6. The second-order valence-electron chi connectivity index (χ2n) is 6.99. The van der Waals surface area contributed by atoms with E-state index in [1.54, 1.807) is 18.4 Å². The molecule has 0 radical (unpaired) electrons. The topological polar surface area (TPSA) is 65.7 Å². The van der Waals surface area contributed by atoms with Gasteiger partial charge in [0.1, 0.15) is 12.1 Å². The van der Waals surface area contributed by atoms with E-state index < -0.39 is 0 Å². The number of piperidine rings is 1. The monoisotopic (exact) mass is 387 g/mol. The molecule has 28 heavy (non-hydrogen) atoms. The standard InChI is InChI=1S/C21H30FN5O/c1-2-23-21(25-12-15-27-13-4-3-5-14-27)24-11-10-19-16-28-20(26-19)17-6-8-18(22)9-7-17/h6-9,16H,2-5,10-15H2,1H3,(H2,23,24,25). The maximum Gasteiger partial charge on any atom is 0.226 e. The molecule has 0 amide bonds. The third-order valence-electron chi connectivity index (χ3n) is 4.80. The number of hydrogen-bond acceptors (Lipinski definition) is 4. The molecule has 6 nitrogen and oxygen atoms in total. The summed E-state index contributed by atoms with van der Waals surface area (Å²) >= 11 is 0. The molecule has 0 aliphatic carbocycles. The minimum atomic E-state index is -0.268. The molecule has 1 saturated heterocycles. The van der Waals surface area contributed by atoms with Gasteiger partial charge >= 0.3 is 0 Å². The Morgan fingerprint density at radius 2 is 1.96 bits per heavy atom. The van der Waals surface area contributed by atoms with Gasteiger partial charge in [0.2, 0.25) is 5.89 Å². The average molecular weight is 388 g/mol. The number of rotatable bonds is 8. The van der Waals surface area contributed by atoms with Crippen molar-refractivity contribution in [3.05, 3.63) is 42.0 Å². The van der Waals surface area contributed by atoms with Crippen LogP contribution in [0.4, 0.5) is 4.39 Å². The summed E-state index contributed by atoms with van der Waals surface area (Å²) in [6.45, 7) is 7.81. The third-order valence-corrected chi connectivity index (χ3v) is 4.80. The molecule has 1 aliphatic rings. The summed E-state index contributed by atoms with van der Waals surface area (Å²) in [6, 6.07) is 6.15. The largest absolute Gasteiger partial charge is 0.444 e. The zero-order valence-electron chi connectivity index (χ0n) is 16.6. The minimum Gasteiger partial charge on any atom is -0.444 e. The lowest BCUT2D eigenvalue weighted by molar-refractivity contribution is 0.235. The molecule has 1 aliphatic heterocycles. The number of nitrogens with zero attached hydrogens (tertiary/aromatic N) is 3. The first-order valence-electron chi connectivity index (χ1n) is 10.2. The summed E-state index contributed by atoms with van der Waals surface area (Å²) in [5.74, 6) is 1.08. The van der Waals surface area contributed by atoms with Crippen molar-refractivity contribution in [1.82, 2.24) is 20.5 Å². The number of halogens is 1. The van der Waals surface area contributed by atoms with Crippen LogP contribution in [0.2, 0.25) is 0 Å². The lowest BCUT2D eigenvalue weighted by Crippen LogP contribution is -2.39. The highest BCUT2D eigenvalue weighted by molar-refractivity contribution is 5.79. The van der Waals surface area contributed by atoms with E-state index in [0.717, 1.165) is 43.3 Å². The van der Waals surface area contributed by atoms with E-state index in [2.05, 4.69) is 32.4 Å². The predicted molar refractivity (Wildman–Crippen MR) is 110 cm³/mol. The lowest BCUT2D eigenvalue weighted by Gasteiger charge is -2.25. The fraction of sp³-hybridized carbons (Fsp3) is 0.524. The van der Waals surface area contributed by atoms with E-state index >= 15 is 0 Å². The fourth-order valence-electron chi connectivity index (χ4n) is 3.28. The molecule has 0 spiro atoms. The molecule has 1 aromatic carbocycles. The third kappa shape index (κ3) is 6.34. The van der Waals surface area contributed by atoms with Crippen molar-refractivity contribution in [3.8, 4) is 11.5 Å². The number of likely N-dealkylation sites (tertiary alicyclic amines) is 1. The molecule has 1 aromatic heterocycles. The van der Waals surface area contributed by atoms with Gasteiger partial charge in [0.15, 0.2) is 5.96 Å². The molecule has 2 N–H and O–H groups in total. The Kier molecular flexibility index (Phi) is 7.84. The molecule has 2 aromatic rings. The van der Waals surface area contributed by atoms with Crippen LogP contribution < -0.4 is 10.6 Å². The van der Waals surface area contributed by atoms with Crippen molar-refractivity contribution in [1.29, 1.82) is 0 Å². The van der Waals surface area contributed by atoms with Crippen LogP contribution in [-0.4, -0.2) is 55.1 Å². The van der Waals surface area contributed by atoms with Crippen LogP contribution in [0.15, 0.2) is 39.9 Å². The molecular weight excluding hydrogens is 357 g/mol. The normalized spacial score (nSPS) is 15.6. The molecular formula is C21H30FN5O. The van der Waals surface area contributed by atoms with Gasteiger partial charge in [-0.15, -0.1) is 0 Å². The lowest BCUT2D eigenvalue weighted by atomic mass is 10.1. The Bertz CT molecular complexity index is 738. The molecule has 152 valence electrons. The molecule has 0 unspecified atom stereocenters. The first-order chi connectivity index (χ1) is 13.7. The van der Waals surface area contributed by atoms with E-state index in [-0.39, 0.29) is 5.82 Å². The molecule has 0 atom stereocenters. The number of nitrogens with one attached hydrogen (secondary N) is 2. The van der Waals surface area contributed by atoms with Gasteiger partial charge < -0.3 is 20.0 Å². The van der Waals surface area contributed by atoms with Crippen molar-refractivity contribution >= 4 is 5.96 Å². The van der Waals surface area contributed by atoms with E-state index in [4.69, 9.17) is 4.42 Å². The van der Waals surface area contributed by atoms with Crippen molar-refractivity contribution in [2.24, 2.45) is 4.99 Å². The van der Waals surface area contributed by atoms with Gasteiger partial charge in [0.05, 0.1) is 12.2 Å². The minimum absolute atomic E-state index is 0.268. The maximum atomic E-state index is 13.0. The van der Waals surface area contributed by atoms with Crippen LogP contribution in [0, 0.1) is 5.82 Å². The molecule has 3 rings (SSSR count). The summed E-state index contributed by atoms with van der Waals surface area (Å²) in [7, 11) is 0.